The van der Waals surface area contributed by atoms with Crippen molar-refractivity contribution in [3.63, 3.8) is 0 Å². The first-order valence-corrected chi connectivity index (χ1v) is 7.82. The Morgan fingerprint density at radius 3 is 2.83 bits per heavy atom. The van der Waals surface area contributed by atoms with Crippen LogP contribution in [0.4, 0.5) is 0 Å². The molecule has 0 aromatic heterocycles. The maximum Gasteiger partial charge on any atom is 0.0731 e. The van der Waals surface area contributed by atoms with E-state index < -0.39 is 0 Å². The minimum absolute atomic E-state index is 0.515. The summed E-state index contributed by atoms with van der Waals surface area (Å²) in [5, 5.41) is 3.48. The highest BCUT2D eigenvalue weighted by molar-refractivity contribution is 4.91. The number of nitrogens with one attached hydrogen (secondary N) is 1. The van der Waals surface area contributed by atoms with Gasteiger partial charge >= 0.3 is 0 Å². The number of fused-ring (bicyclic) bond motifs is 1. The Morgan fingerprint density at radius 2 is 2.06 bits per heavy atom. The fourth-order valence-corrected chi connectivity index (χ4v) is 3.50. The molecule has 2 aliphatic rings. The second-order valence-corrected chi connectivity index (χ2v) is 6.02. The van der Waals surface area contributed by atoms with E-state index >= 15 is 0 Å². The van der Waals surface area contributed by atoms with Gasteiger partial charge < -0.3 is 10.1 Å². The van der Waals surface area contributed by atoms with E-state index in [0.717, 1.165) is 26.2 Å². The van der Waals surface area contributed by atoms with Crippen molar-refractivity contribution in [2.24, 2.45) is 5.92 Å². The number of morpholine rings is 1. The summed E-state index contributed by atoms with van der Waals surface area (Å²) in [6, 6.07) is 1.35. The Hall–Kier alpha value is -0.120. The average Bonchev–Trinajstić information content (AvgIpc) is 2.43. The van der Waals surface area contributed by atoms with E-state index in [2.05, 4.69) is 31.0 Å². The van der Waals surface area contributed by atoms with Gasteiger partial charge in [0.25, 0.3) is 0 Å². The molecule has 3 heteroatoms. The zero-order valence-electron chi connectivity index (χ0n) is 12.3. The van der Waals surface area contributed by atoms with Crippen molar-refractivity contribution < 1.29 is 4.74 Å². The van der Waals surface area contributed by atoms with Crippen molar-refractivity contribution in [3.8, 4) is 0 Å². The van der Waals surface area contributed by atoms with Gasteiger partial charge in [-0.05, 0) is 38.8 Å². The predicted molar refractivity (Wildman–Crippen MR) is 75.9 cm³/mol. The van der Waals surface area contributed by atoms with Crippen LogP contribution in [0, 0.1) is 5.92 Å². The molecular formula is C15H30N2O. The van der Waals surface area contributed by atoms with Gasteiger partial charge in [0.05, 0.1) is 12.7 Å². The summed E-state index contributed by atoms with van der Waals surface area (Å²) < 4.78 is 5.97. The van der Waals surface area contributed by atoms with Gasteiger partial charge in [-0.1, -0.05) is 26.7 Å². The van der Waals surface area contributed by atoms with Crippen molar-refractivity contribution >= 4 is 0 Å². The number of hydrogen-bond acceptors (Lipinski definition) is 3. The summed E-state index contributed by atoms with van der Waals surface area (Å²) in [6.45, 7) is 11.2. The van der Waals surface area contributed by atoms with Crippen LogP contribution in [-0.4, -0.2) is 49.3 Å². The molecule has 0 spiro atoms. The van der Waals surface area contributed by atoms with Crippen molar-refractivity contribution in [3.05, 3.63) is 0 Å². The van der Waals surface area contributed by atoms with Crippen LogP contribution in [0.2, 0.25) is 0 Å². The normalized spacial score (nSPS) is 32.8. The number of nitrogens with zero attached hydrogens (tertiary/aromatic N) is 1. The van der Waals surface area contributed by atoms with Gasteiger partial charge in [-0.2, -0.15) is 0 Å². The van der Waals surface area contributed by atoms with E-state index in [0.29, 0.717) is 24.1 Å². The molecule has 4 unspecified atom stereocenters. The molecule has 1 saturated carbocycles. The molecule has 0 aromatic rings. The molecule has 1 heterocycles. The standard InChI is InChI=1S/C15H30N2O/c1-4-16-11-12(2)13(3)17-9-10-18-15-8-6-5-7-14(15)17/h12-16H,4-11H2,1-3H3. The van der Waals surface area contributed by atoms with Crippen LogP contribution in [0.5, 0.6) is 0 Å². The third kappa shape index (κ3) is 3.25. The Balaban J connectivity index is 1.92. The van der Waals surface area contributed by atoms with Crippen molar-refractivity contribution in [1.29, 1.82) is 0 Å². The number of rotatable bonds is 5. The molecule has 3 nitrogen and oxygen atoms in total. The third-order valence-corrected chi connectivity index (χ3v) is 4.84. The average molecular weight is 254 g/mol. The molecule has 1 aliphatic heterocycles. The smallest absolute Gasteiger partial charge is 0.0731 e. The number of hydrogen-bond donors (Lipinski definition) is 1. The molecule has 1 aliphatic carbocycles. The molecule has 0 aromatic carbocycles. The molecule has 2 fully saturated rings. The molecule has 0 radical (unpaired) electrons. The lowest BCUT2D eigenvalue weighted by molar-refractivity contribution is -0.106. The summed E-state index contributed by atoms with van der Waals surface area (Å²) in [6.07, 6.45) is 5.87. The second-order valence-electron chi connectivity index (χ2n) is 6.02. The first-order valence-electron chi connectivity index (χ1n) is 7.82. The highest BCUT2D eigenvalue weighted by Crippen LogP contribution is 2.30. The van der Waals surface area contributed by atoms with Crippen LogP contribution in [0.15, 0.2) is 0 Å². The van der Waals surface area contributed by atoms with E-state index in [1.807, 2.05) is 0 Å². The molecule has 0 amide bonds. The Bertz CT molecular complexity index is 245. The van der Waals surface area contributed by atoms with E-state index in [-0.39, 0.29) is 0 Å². The minimum atomic E-state index is 0.515. The quantitative estimate of drug-likeness (QED) is 0.814. The van der Waals surface area contributed by atoms with Crippen LogP contribution < -0.4 is 5.32 Å². The highest BCUT2D eigenvalue weighted by atomic mass is 16.5. The summed E-state index contributed by atoms with van der Waals surface area (Å²) in [5.74, 6) is 0.714. The molecule has 1 saturated heterocycles. The maximum absolute atomic E-state index is 5.97. The Morgan fingerprint density at radius 1 is 1.28 bits per heavy atom. The molecule has 0 bridgehead atoms. The number of ether oxygens (including phenoxy) is 1. The van der Waals surface area contributed by atoms with Crippen LogP contribution in [0.3, 0.4) is 0 Å². The molecular weight excluding hydrogens is 224 g/mol. The summed E-state index contributed by atoms with van der Waals surface area (Å²) in [4.78, 5) is 2.73. The largest absolute Gasteiger partial charge is 0.375 e. The molecule has 106 valence electrons. The predicted octanol–water partition coefficient (Wildman–Crippen LogP) is 2.26. The van der Waals surface area contributed by atoms with Crippen LogP contribution in [0.1, 0.15) is 46.5 Å². The summed E-state index contributed by atoms with van der Waals surface area (Å²) >= 11 is 0. The molecule has 4 atom stereocenters. The maximum atomic E-state index is 5.97. The van der Waals surface area contributed by atoms with Gasteiger partial charge in [0.1, 0.15) is 0 Å². The topological polar surface area (TPSA) is 24.5 Å². The fourth-order valence-electron chi connectivity index (χ4n) is 3.50. The van der Waals surface area contributed by atoms with Gasteiger partial charge in [-0.15, -0.1) is 0 Å². The SMILES string of the molecule is CCNCC(C)C(C)N1CCOC2CCCCC21. The van der Waals surface area contributed by atoms with Gasteiger partial charge in [0.15, 0.2) is 0 Å². The zero-order chi connectivity index (χ0) is 13.0. The molecule has 1 N–H and O–H groups in total. The van der Waals surface area contributed by atoms with Gasteiger partial charge in [-0.25, -0.2) is 0 Å². The van der Waals surface area contributed by atoms with Crippen LogP contribution in [-0.2, 0) is 4.74 Å². The zero-order valence-corrected chi connectivity index (χ0v) is 12.3. The third-order valence-electron chi connectivity index (χ3n) is 4.84. The lowest BCUT2D eigenvalue weighted by Crippen LogP contribution is -2.57. The monoisotopic (exact) mass is 254 g/mol. The molecule has 18 heavy (non-hydrogen) atoms. The Labute approximate surface area is 112 Å². The van der Waals surface area contributed by atoms with Crippen LogP contribution >= 0.6 is 0 Å². The van der Waals surface area contributed by atoms with Gasteiger partial charge in [-0.3, -0.25) is 4.90 Å². The van der Waals surface area contributed by atoms with Gasteiger partial charge in [0, 0.05) is 18.6 Å². The first kappa shape index (κ1) is 14.3. The van der Waals surface area contributed by atoms with E-state index in [1.165, 1.54) is 25.7 Å². The first-order chi connectivity index (χ1) is 8.74. The summed E-state index contributed by atoms with van der Waals surface area (Å²) in [5.41, 5.74) is 0. The van der Waals surface area contributed by atoms with Crippen LogP contribution in [0.25, 0.3) is 0 Å². The molecule has 2 rings (SSSR count). The van der Waals surface area contributed by atoms with Crippen molar-refractivity contribution in [2.45, 2.75) is 64.6 Å². The van der Waals surface area contributed by atoms with Crippen molar-refractivity contribution in [1.82, 2.24) is 10.2 Å². The van der Waals surface area contributed by atoms with Crippen molar-refractivity contribution in [2.75, 3.05) is 26.2 Å². The van der Waals surface area contributed by atoms with E-state index in [9.17, 15) is 0 Å². The second kappa shape index (κ2) is 6.88. The lowest BCUT2D eigenvalue weighted by atomic mass is 9.87. The van der Waals surface area contributed by atoms with Gasteiger partial charge in [0.2, 0.25) is 0 Å². The van der Waals surface area contributed by atoms with E-state index in [1.54, 1.807) is 0 Å². The lowest BCUT2D eigenvalue weighted by Gasteiger charge is -2.48. The minimum Gasteiger partial charge on any atom is -0.375 e. The highest BCUT2D eigenvalue weighted by Gasteiger charge is 2.37. The summed E-state index contributed by atoms with van der Waals surface area (Å²) in [7, 11) is 0. The Kier molecular flexibility index (Phi) is 5.46. The van der Waals surface area contributed by atoms with E-state index in [4.69, 9.17) is 4.74 Å². The fraction of sp³-hybridized carbons (Fsp3) is 1.00.